The zero-order valence-electron chi connectivity index (χ0n) is 56.8. The predicted octanol–water partition coefficient (Wildman–Crippen LogP) is 18.3. The summed E-state index contributed by atoms with van der Waals surface area (Å²) in [6.45, 7) is 21.0. The third-order valence-electron chi connectivity index (χ3n) is 14.2. The first-order chi connectivity index (χ1) is 44.1. The molecule has 0 unspecified atom stereocenters. The van der Waals surface area contributed by atoms with Gasteiger partial charge < -0.3 is 54.1 Å². The number of hydrogen-bond donors (Lipinski definition) is 4. The van der Waals surface area contributed by atoms with E-state index in [-0.39, 0.29) is 129 Å². The number of alkyl carbamates (subject to hydrolysis) is 2. The molecular formula is C67H91Br2Cl2N9O11S8. The van der Waals surface area contributed by atoms with Gasteiger partial charge in [-0.25, -0.2) is 34.5 Å². The van der Waals surface area contributed by atoms with Crippen LogP contribution in [0.1, 0.15) is 156 Å². The van der Waals surface area contributed by atoms with Gasteiger partial charge >= 0.3 is 12.2 Å². The van der Waals surface area contributed by atoms with Crippen molar-refractivity contribution in [1.82, 2.24) is 45.9 Å². The fourth-order valence-corrected chi connectivity index (χ4v) is 13.1. The number of aromatic nitrogens is 6. The van der Waals surface area contributed by atoms with Crippen LogP contribution in [0.15, 0.2) is 111 Å². The van der Waals surface area contributed by atoms with Gasteiger partial charge in [-0.1, -0.05) is 50.9 Å². The topological polar surface area (TPSA) is 249 Å². The summed E-state index contributed by atoms with van der Waals surface area (Å²) in [4.78, 5) is 70.4. The Morgan fingerprint density at radius 2 is 0.899 bits per heavy atom. The highest BCUT2D eigenvalue weighted by atomic mass is 79.9. The maximum atomic E-state index is 12.1. The summed E-state index contributed by atoms with van der Waals surface area (Å²) in [5, 5.41) is 12.0. The molecule has 3 aliphatic rings. The Bertz CT molecular complexity index is 3850. The van der Waals surface area contributed by atoms with Crippen LogP contribution in [0.3, 0.4) is 0 Å². The van der Waals surface area contributed by atoms with Gasteiger partial charge in [0.1, 0.15) is 62.6 Å². The van der Waals surface area contributed by atoms with E-state index in [1.165, 1.54) is 13.0 Å². The van der Waals surface area contributed by atoms with Crippen molar-refractivity contribution in [3.63, 3.8) is 0 Å². The van der Waals surface area contributed by atoms with Gasteiger partial charge in [0.15, 0.2) is 0 Å². The van der Waals surface area contributed by atoms with Crippen LogP contribution in [-0.4, -0.2) is 95.6 Å². The molecule has 2 aromatic carbocycles. The van der Waals surface area contributed by atoms with Crippen LogP contribution in [0.25, 0.3) is 20.4 Å². The van der Waals surface area contributed by atoms with E-state index in [1.807, 2.05) is 77.9 Å². The number of aromatic amines is 1. The molecule has 99 heavy (non-hydrogen) atoms. The van der Waals surface area contributed by atoms with Gasteiger partial charge in [-0.05, 0) is 180 Å². The number of carbonyl (C=O) groups is 3. The van der Waals surface area contributed by atoms with Crippen molar-refractivity contribution in [3.8, 4) is 40.6 Å². The fourth-order valence-electron chi connectivity index (χ4n) is 9.98. The molecule has 8 aromatic rings. The zero-order valence-corrected chi connectivity index (χ0v) is 69.1. The van der Waals surface area contributed by atoms with Crippen molar-refractivity contribution in [1.29, 1.82) is 0 Å². The molecule has 11 rings (SSSR count). The summed E-state index contributed by atoms with van der Waals surface area (Å²) in [7, 11) is 0. The van der Waals surface area contributed by atoms with Gasteiger partial charge in [-0.2, -0.15) is 81.0 Å². The standard InChI is InChI=1S/C25H30ClN3O4S.C22H24ClN3O3S.C15H21BrN2O3.C5H4BrNO.6H2S/c1-14(2)23-28-17-10-11-19(21(26)22(17)34-23)31-15-9-12-20(27-13-15)32-18-8-6-7-16(18)29-24(30)33-25(3,4)5;1-12(2)22-26-16-8-9-18(20(23)21(16)30-22)28-14-7-10-19(24-11-14)29-17-6-4-5-15(17)25-13(3)27;1-15(2,3)21-14(19)18-11-5-4-6-12(11)20-13-8-7-10(16)9-17-13;6-4-1-2-5(8)7-3-4;;;;;;/h9-14,16,18H,6-8H2,1-5H3,(H,29,30);7-12,15,17H,4-6H2,1-3H3,(H,25,27);7-9,11-12H,4-6H2,1-3H3,(H,18,19);1-3H,(H,7,8);6*1H2/t16-,18-;15-,17-;11-,12-;;;;;;;/m000......./s1. The molecule has 0 aliphatic heterocycles. The van der Waals surface area contributed by atoms with Crippen LogP contribution in [-0.2, 0) is 14.3 Å². The molecule has 20 nitrogen and oxygen atoms in total. The normalized spacial score (nSPS) is 17.3. The van der Waals surface area contributed by atoms with Crippen molar-refractivity contribution >= 4 is 197 Å². The lowest BCUT2D eigenvalue weighted by atomic mass is 10.2. The van der Waals surface area contributed by atoms with E-state index in [0.717, 1.165) is 97.2 Å². The molecule has 6 atom stereocenters. The number of rotatable bonds is 15. The lowest BCUT2D eigenvalue weighted by Gasteiger charge is -2.25. The van der Waals surface area contributed by atoms with Gasteiger partial charge in [0.25, 0.3) is 0 Å². The highest BCUT2D eigenvalue weighted by Gasteiger charge is 2.34. The van der Waals surface area contributed by atoms with Crippen LogP contribution in [0.2, 0.25) is 10.0 Å². The number of amides is 3. The summed E-state index contributed by atoms with van der Waals surface area (Å²) in [5.74, 6) is 4.46. The van der Waals surface area contributed by atoms with Gasteiger partial charge in [0.05, 0.1) is 61.0 Å². The second-order valence-corrected chi connectivity index (χ2v) is 29.6. The minimum Gasteiger partial charge on any atom is -0.472 e. The smallest absolute Gasteiger partial charge is 0.408 e. The second kappa shape index (κ2) is 42.1. The molecule has 0 bridgehead atoms. The molecule has 0 spiro atoms. The number of H-pyrrole nitrogens is 1. The molecule has 546 valence electrons. The van der Waals surface area contributed by atoms with E-state index in [2.05, 4.69) is 105 Å². The van der Waals surface area contributed by atoms with E-state index in [9.17, 15) is 19.2 Å². The third kappa shape index (κ3) is 28.4. The number of ether oxygens (including phenoxy) is 7. The average Bonchev–Trinajstić information content (AvgIpc) is 1.44. The van der Waals surface area contributed by atoms with E-state index in [0.29, 0.717) is 62.5 Å². The molecular weight excluding hydrogens is 1590 g/mol. The maximum Gasteiger partial charge on any atom is 0.408 e. The first kappa shape index (κ1) is 90.4. The van der Waals surface area contributed by atoms with E-state index in [1.54, 1.807) is 77.8 Å². The highest BCUT2D eigenvalue weighted by Crippen LogP contribution is 2.42. The van der Waals surface area contributed by atoms with Crippen LogP contribution in [0.5, 0.6) is 40.6 Å². The first-order valence-electron chi connectivity index (χ1n) is 30.8. The number of hydrogen-bond acceptors (Lipinski definition) is 18. The Morgan fingerprint density at radius 3 is 1.21 bits per heavy atom. The number of nitrogens with zero attached hydrogens (tertiary/aromatic N) is 5. The largest absolute Gasteiger partial charge is 0.472 e. The zero-order chi connectivity index (χ0) is 67.1. The number of carbonyl (C=O) groups excluding carboxylic acids is 3. The monoisotopic (exact) mass is 1680 g/mol. The lowest BCUT2D eigenvalue weighted by molar-refractivity contribution is -0.120. The minimum absolute atomic E-state index is 0. The summed E-state index contributed by atoms with van der Waals surface area (Å²) < 4.78 is 44.2. The lowest BCUT2D eigenvalue weighted by Crippen LogP contribution is -2.44. The number of halogens is 4. The van der Waals surface area contributed by atoms with Crippen LogP contribution >= 0.6 is 159 Å². The number of benzene rings is 2. The highest BCUT2D eigenvalue weighted by molar-refractivity contribution is 9.10. The van der Waals surface area contributed by atoms with Crippen LogP contribution in [0, 0.1) is 0 Å². The minimum atomic E-state index is -0.541. The summed E-state index contributed by atoms with van der Waals surface area (Å²) in [6.07, 6.45) is 13.7. The molecule has 6 aromatic heterocycles. The quantitative estimate of drug-likeness (QED) is 0.0745. The average molecular weight is 1690 g/mol. The Balaban J connectivity index is 0.000000472. The molecule has 3 aliphatic carbocycles. The molecule has 6 heterocycles. The van der Waals surface area contributed by atoms with Crippen molar-refractivity contribution in [2.24, 2.45) is 0 Å². The Labute approximate surface area is 655 Å². The maximum absolute atomic E-state index is 12.1. The number of nitrogens with one attached hydrogen (secondary N) is 4. The fraction of sp³-hybridized carbons (Fsp3) is 0.448. The Hall–Kier alpha value is -4.73. The van der Waals surface area contributed by atoms with Crippen LogP contribution in [0.4, 0.5) is 9.59 Å². The van der Waals surface area contributed by atoms with E-state index in [4.69, 9.17) is 56.4 Å². The van der Waals surface area contributed by atoms with Crippen molar-refractivity contribution in [2.45, 2.75) is 193 Å². The molecule has 3 amide bonds. The molecule has 3 fully saturated rings. The molecule has 0 radical (unpaired) electrons. The van der Waals surface area contributed by atoms with E-state index >= 15 is 0 Å². The van der Waals surface area contributed by atoms with Crippen molar-refractivity contribution in [2.75, 3.05) is 0 Å². The van der Waals surface area contributed by atoms with Crippen molar-refractivity contribution in [3.05, 3.63) is 137 Å². The van der Waals surface area contributed by atoms with E-state index < -0.39 is 23.4 Å². The van der Waals surface area contributed by atoms with Crippen molar-refractivity contribution < 1.29 is 47.5 Å². The molecule has 0 saturated heterocycles. The first-order valence-corrected chi connectivity index (χ1v) is 34.8. The second-order valence-electron chi connectivity index (χ2n) is 25.0. The van der Waals surface area contributed by atoms with Crippen LogP contribution < -0.4 is 45.2 Å². The Kier molecular flexibility index (Phi) is 38.5. The number of thiazole rings is 2. The summed E-state index contributed by atoms with van der Waals surface area (Å²) in [5.41, 5.74) is 0.646. The number of pyridine rings is 4. The summed E-state index contributed by atoms with van der Waals surface area (Å²) in [6, 6.07) is 21.3. The van der Waals surface area contributed by atoms with Gasteiger partial charge in [0.2, 0.25) is 29.1 Å². The predicted molar refractivity (Wildman–Crippen MR) is 434 cm³/mol. The van der Waals surface area contributed by atoms with Gasteiger partial charge in [-0.3, -0.25) is 9.59 Å². The Morgan fingerprint density at radius 1 is 0.525 bits per heavy atom. The molecule has 3 saturated carbocycles. The SMILES string of the molecule is CC(=O)N[C@H]1CCC[C@@H]1Oc1ccc(Oc2ccc3nc(C(C)C)sc3c2Cl)cn1.CC(C)(C)OC(=O)N[C@H]1CCC[C@@H]1Oc1ccc(Br)cn1.CC(C)c1nc2ccc(Oc3ccc(O[C@H]4CCC[C@@H]4NC(=O)OC(C)(C)C)nc3)c(Cl)c2s1.O=c1ccc(Br)c[nH]1.S.S.S.S.S.S. The molecule has 4 N–H and O–H groups in total. The van der Waals surface area contributed by atoms with Gasteiger partial charge in [0, 0.05) is 64.4 Å². The number of fused-ring (bicyclic) bond motifs is 2. The van der Waals surface area contributed by atoms with Gasteiger partial charge in [-0.15, -0.1) is 22.7 Å². The molecule has 32 heteroatoms. The summed E-state index contributed by atoms with van der Waals surface area (Å²) >= 11 is 22.9. The third-order valence-corrected chi connectivity index (χ3v) is 18.9.